The van der Waals surface area contributed by atoms with E-state index in [0.29, 0.717) is 13.0 Å². The molecule has 0 bridgehead atoms. The maximum Gasteiger partial charge on any atom is 0.394 e. The Balaban J connectivity index is 0. The van der Waals surface area contributed by atoms with Crippen LogP contribution in [0.4, 0.5) is 0 Å². The number of carbonyl (C=O) groups is 1. The molecule has 0 radical (unpaired) electrons. The first kappa shape index (κ1) is 18.6. The average molecular weight is 273 g/mol. The van der Waals surface area contributed by atoms with Crippen LogP contribution in [0.25, 0.3) is 0 Å². The van der Waals surface area contributed by atoms with E-state index in [1.165, 1.54) is 6.92 Å². The van der Waals surface area contributed by atoms with E-state index in [9.17, 15) is 4.79 Å². The van der Waals surface area contributed by atoms with Crippen molar-refractivity contribution in [1.82, 2.24) is 0 Å². The molecule has 0 aromatic carbocycles. The summed E-state index contributed by atoms with van der Waals surface area (Å²) in [5.41, 5.74) is 5.27. The van der Waals surface area contributed by atoms with Crippen LogP contribution in [-0.2, 0) is 19.9 Å². The number of unbranched alkanes of at least 4 members (excludes halogenated alkanes) is 2. The molecule has 1 atom stereocenters. The van der Waals surface area contributed by atoms with Crippen molar-refractivity contribution in [3.05, 3.63) is 0 Å². The number of aliphatic hydroxyl groups is 1. The van der Waals surface area contributed by atoms with Crippen LogP contribution in [0.2, 0.25) is 0 Å². The van der Waals surface area contributed by atoms with Crippen LogP contribution >= 0.6 is 0 Å². The van der Waals surface area contributed by atoms with Crippen molar-refractivity contribution in [2.45, 2.75) is 38.9 Å². The van der Waals surface area contributed by atoms with E-state index in [4.69, 9.17) is 28.4 Å². The molecule has 0 aliphatic rings. The fourth-order valence-corrected chi connectivity index (χ4v) is 0.840. The molecule has 0 rings (SSSR count). The quantitative estimate of drug-likeness (QED) is 0.224. The Morgan fingerprint density at radius 1 is 1.29 bits per heavy atom. The third-order valence-corrected chi connectivity index (χ3v) is 1.39. The van der Waals surface area contributed by atoms with E-state index in [1.54, 1.807) is 0 Å². The minimum Gasteiger partial charge on any atom is -0.436 e. The lowest BCUT2D eigenvalue weighted by Gasteiger charge is -2.05. The molecular formula is C8H19NO7S. The number of carbonyl (C=O) groups excluding carboxylic acids is 1. The first-order valence-electron chi connectivity index (χ1n) is 4.94. The number of ether oxygens (including phenoxy) is 1. The standard InChI is InChI=1S/C8H17NO3.H2O4S/c1-7(10)12-8(11)5-3-2-4-6-9;1-5(2,3)4/h7,10H,2-6,9H2,1H3;(H2,1,2,3,4). The van der Waals surface area contributed by atoms with Gasteiger partial charge in [-0.15, -0.1) is 0 Å². The van der Waals surface area contributed by atoms with Gasteiger partial charge in [0.1, 0.15) is 0 Å². The van der Waals surface area contributed by atoms with Crippen LogP contribution in [-0.4, -0.2) is 41.4 Å². The Morgan fingerprint density at radius 2 is 1.76 bits per heavy atom. The Hall–Kier alpha value is -0.740. The molecule has 0 heterocycles. The summed E-state index contributed by atoms with van der Waals surface area (Å²) < 4.78 is 36.1. The lowest BCUT2D eigenvalue weighted by Crippen LogP contribution is -2.13. The molecule has 0 aromatic heterocycles. The summed E-state index contributed by atoms with van der Waals surface area (Å²) in [6.45, 7) is 2.07. The normalized spacial score (nSPS) is 12.3. The fraction of sp³-hybridized carbons (Fsp3) is 0.875. The van der Waals surface area contributed by atoms with E-state index in [-0.39, 0.29) is 5.97 Å². The van der Waals surface area contributed by atoms with E-state index < -0.39 is 16.7 Å². The van der Waals surface area contributed by atoms with Crippen LogP contribution < -0.4 is 5.73 Å². The Kier molecular flexibility index (Phi) is 11.4. The van der Waals surface area contributed by atoms with Crippen molar-refractivity contribution in [2.24, 2.45) is 5.73 Å². The third kappa shape index (κ3) is 31.3. The van der Waals surface area contributed by atoms with Gasteiger partial charge in [0, 0.05) is 6.42 Å². The highest BCUT2D eigenvalue weighted by molar-refractivity contribution is 7.79. The molecule has 0 amide bonds. The fourth-order valence-electron chi connectivity index (χ4n) is 0.840. The molecule has 1 unspecified atom stereocenters. The van der Waals surface area contributed by atoms with Gasteiger partial charge in [0.05, 0.1) is 0 Å². The number of aliphatic hydroxyl groups excluding tert-OH is 1. The zero-order valence-corrected chi connectivity index (χ0v) is 10.4. The summed E-state index contributed by atoms with van der Waals surface area (Å²) in [6.07, 6.45) is 2.02. The number of esters is 1. The molecule has 0 aromatic rings. The average Bonchev–Trinajstić information content (AvgIpc) is 2.08. The molecule has 0 aliphatic carbocycles. The van der Waals surface area contributed by atoms with Crippen molar-refractivity contribution in [1.29, 1.82) is 0 Å². The van der Waals surface area contributed by atoms with E-state index in [2.05, 4.69) is 4.74 Å². The molecule has 0 saturated carbocycles. The van der Waals surface area contributed by atoms with Crippen LogP contribution in [0.3, 0.4) is 0 Å². The first-order chi connectivity index (χ1) is 7.66. The van der Waals surface area contributed by atoms with Crippen molar-refractivity contribution in [3.63, 3.8) is 0 Å². The summed E-state index contributed by atoms with van der Waals surface area (Å²) in [7, 11) is -4.67. The van der Waals surface area contributed by atoms with E-state index in [1.807, 2.05) is 0 Å². The largest absolute Gasteiger partial charge is 0.436 e. The van der Waals surface area contributed by atoms with Gasteiger partial charge < -0.3 is 15.6 Å². The van der Waals surface area contributed by atoms with Gasteiger partial charge in [-0.1, -0.05) is 6.42 Å². The molecule has 104 valence electrons. The van der Waals surface area contributed by atoms with Crippen LogP contribution in [0.5, 0.6) is 0 Å². The summed E-state index contributed by atoms with van der Waals surface area (Å²) in [4.78, 5) is 10.8. The van der Waals surface area contributed by atoms with Crippen molar-refractivity contribution < 1.29 is 32.2 Å². The molecular weight excluding hydrogens is 254 g/mol. The maximum absolute atomic E-state index is 10.8. The van der Waals surface area contributed by atoms with Crippen molar-refractivity contribution >= 4 is 16.4 Å². The monoisotopic (exact) mass is 273 g/mol. The van der Waals surface area contributed by atoms with Gasteiger partial charge in [0.2, 0.25) is 0 Å². The summed E-state index contributed by atoms with van der Waals surface area (Å²) >= 11 is 0. The number of hydrogen-bond acceptors (Lipinski definition) is 6. The van der Waals surface area contributed by atoms with Crippen LogP contribution in [0.15, 0.2) is 0 Å². The Bertz CT molecular complexity index is 280. The van der Waals surface area contributed by atoms with Crippen molar-refractivity contribution in [3.8, 4) is 0 Å². The maximum atomic E-state index is 10.8. The molecule has 8 nitrogen and oxygen atoms in total. The van der Waals surface area contributed by atoms with Crippen LogP contribution in [0, 0.1) is 0 Å². The number of nitrogens with two attached hydrogens (primary N) is 1. The molecule has 17 heavy (non-hydrogen) atoms. The SMILES string of the molecule is CC(O)OC(=O)CCCCCN.O=S(=O)(O)O. The number of rotatable bonds is 6. The Labute approximate surface area is 100 Å². The van der Waals surface area contributed by atoms with E-state index in [0.717, 1.165) is 19.3 Å². The third-order valence-electron chi connectivity index (χ3n) is 1.39. The lowest BCUT2D eigenvalue weighted by molar-refractivity contribution is -0.164. The molecule has 0 aliphatic heterocycles. The highest BCUT2D eigenvalue weighted by Crippen LogP contribution is 2.01. The van der Waals surface area contributed by atoms with Gasteiger partial charge in [-0.3, -0.25) is 13.9 Å². The van der Waals surface area contributed by atoms with Gasteiger partial charge >= 0.3 is 16.4 Å². The van der Waals surface area contributed by atoms with Crippen LogP contribution in [0.1, 0.15) is 32.6 Å². The number of hydrogen-bond donors (Lipinski definition) is 4. The molecule has 9 heteroatoms. The highest BCUT2D eigenvalue weighted by Gasteiger charge is 2.04. The summed E-state index contributed by atoms with van der Waals surface area (Å²) in [6, 6.07) is 0. The van der Waals surface area contributed by atoms with Gasteiger partial charge in [-0.2, -0.15) is 8.42 Å². The van der Waals surface area contributed by atoms with Gasteiger partial charge in [0.15, 0.2) is 6.29 Å². The summed E-state index contributed by atoms with van der Waals surface area (Å²) in [5, 5.41) is 8.66. The van der Waals surface area contributed by atoms with Gasteiger partial charge in [0.25, 0.3) is 0 Å². The highest BCUT2D eigenvalue weighted by atomic mass is 32.3. The van der Waals surface area contributed by atoms with E-state index >= 15 is 0 Å². The minimum absolute atomic E-state index is 0.345. The summed E-state index contributed by atoms with van der Waals surface area (Å²) in [5.74, 6) is -0.345. The second-order valence-corrected chi connectivity index (χ2v) is 4.03. The first-order valence-corrected chi connectivity index (χ1v) is 6.34. The second kappa shape index (κ2) is 10.4. The molecule has 0 saturated heterocycles. The smallest absolute Gasteiger partial charge is 0.394 e. The van der Waals surface area contributed by atoms with Gasteiger partial charge in [-0.25, -0.2) is 0 Å². The molecule has 0 spiro atoms. The van der Waals surface area contributed by atoms with Crippen molar-refractivity contribution in [2.75, 3.05) is 6.54 Å². The Morgan fingerprint density at radius 3 is 2.12 bits per heavy atom. The predicted molar refractivity (Wildman–Crippen MR) is 59.5 cm³/mol. The minimum atomic E-state index is -4.67. The second-order valence-electron chi connectivity index (χ2n) is 3.14. The molecule has 5 N–H and O–H groups in total. The zero-order valence-electron chi connectivity index (χ0n) is 9.57. The van der Waals surface area contributed by atoms with Gasteiger partial charge in [-0.05, 0) is 26.3 Å². The predicted octanol–water partition coefficient (Wildman–Crippen LogP) is -0.266. The molecule has 0 fully saturated rings. The lowest BCUT2D eigenvalue weighted by atomic mass is 10.2. The topological polar surface area (TPSA) is 147 Å². The zero-order chi connectivity index (χ0) is 13.9.